The summed E-state index contributed by atoms with van der Waals surface area (Å²) in [6, 6.07) is 10.2. The molecule has 0 radical (unpaired) electrons. The highest BCUT2D eigenvalue weighted by atomic mass is 16.5. The zero-order valence-electron chi connectivity index (χ0n) is 14.5. The molecule has 0 aliphatic carbocycles. The van der Waals surface area contributed by atoms with Gasteiger partial charge in [-0.3, -0.25) is 0 Å². The highest BCUT2D eigenvalue weighted by molar-refractivity contribution is 5.48. The average Bonchev–Trinajstić information content (AvgIpc) is 2.63. The molecule has 5 nitrogen and oxygen atoms in total. The van der Waals surface area contributed by atoms with Gasteiger partial charge in [0.1, 0.15) is 23.7 Å². The number of hydrogen-bond donors (Lipinski definition) is 1. The van der Waals surface area contributed by atoms with Crippen molar-refractivity contribution in [3.05, 3.63) is 42.2 Å². The summed E-state index contributed by atoms with van der Waals surface area (Å²) in [7, 11) is 1.71. The van der Waals surface area contributed by atoms with Crippen LogP contribution in [0.3, 0.4) is 0 Å². The van der Waals surface area contributed by atoms with E-state index in [2.05, 4.69) is 39.2 Å². The first-order valence-electron chi connectivity index (χ1n) is 8.69. The van der Waals surface area contributed by atoms with Gasteiger partial charge >= 0.3 is 0 Å². The third kappa shape index (κ3) is 4.16. The summed E-state index contributed by atoms with van der Waals surface area (Å²) in [5.74, 6) is 3.66. The van der Waals surface area contributed by atoms with E-state index in [1.807, 2.05) is 18.2 Å². The van der Waals surface area contributed by atoms with Gasteiger partial charge in [-0.25, -0.2) is 9.97 Å². The summed E-state index contributed by atoms with van der Waals surface area (Å²) in [4.78, 5) is 11.1. The van der Waals surface area contributed by atoms with Crippen molar-refractivity contribution in [3.63, 3.8) is 0 Å². The van der Waals surface area contributed by atoms with Crippen LogP contribution in [0.2, 0.25) is 0 Å². The van der Waals surface area contributed by atoms with Crippen LogP contribution < -0.4 is 15.0 Å². The van der Waals surface area contributed by atoms with Crippen molar-refractivity contribution in [1.29, 1.82) is 0 Å². The molecule has 2 aromatic rings. The van der Waals surface area contributed by atoms with Gasteiger partial charge in [-0.05, 0) is 36.8 Å². The van der Waals surface area contributed by atoms with Gasteiger partial charge in [-0.1, -0.05) is 25.1 Å². The lowest BCUT2D eigenvalue weighted by Crippen LogP contribution is -2.33. The lowest BCUT2D eigenvalue weighted by molar-refractivity contribution is 0.410. The second-order valence-electron chi connectivity index (χ2n) is 6.42. The number of benzene rings is 1. The molecule has 0 saturated carbocycles. The highest BCUT2D eigenvalue weighted by Gasteiger charge is 2.17. The van der Waals surface area contributed by atoms with Crippen LogP contribution in [0.4, 0.5) is 11.6 Å². The van der Waals surface area contributed by atoms with Gasteiger partial charge in [0.25, 0.3) is 0 Å². The lowest BCUT2D eigenvalue weighted by atomic mass is 9.99. The number of hydrogen-bond acceptors (Lipinski definition) is 5. The van der Waals surface area contributed by atoms with Gasteiger partial charge in [0, 0.05) is 25.7 Å². The molecule has 1 saturated heterocycles. The number of nitrogens with zero attached hydrogens (tertiary/aromatic N) is 3. The molecule has 0 bridgehead atoms. The summed E-state index contributed by atoms with van der Waals surface area (Å²) >= 11 is 0. The quantitative estimate of drug-likeness (QED) is 0.882. The van der Waals surface area contributed by atoms with E-state index < -0.39 is 0 Å². The highest BCUT2D eigenvalue weighted by Crippen LogP contribution is 2.22. The van der Waals surface area contributed by atoms with Crippen molar-refractivity contribution in [2.24, 2.45) is 5.92 Å². The van der Waals surface area contributed by atoms with Crippen LogP contribution in [0, 0.1) is 5.92 Å². The predicted molar refractivity (Wildman–Crippen MR) is 97.8 cm³/mol. The Morgan fingerprint density at radius 2 is 2.00 bits per heavy atom. The van der Waals surface area contributed by atoms with E-state index in [0.717, 1.165) is 49.4 Å². The summed E-state index contributed by atoms with van der Waals surface area (Å²) < 4.78 is 5.40. The van der Waals surface area contributed by atoms with Gasteiger partial charge < -0.3 is 15.0 Å². The molecular formula is C19H26N4O. The van der Waals surface area contributed by atoms with Crippen LogP contribution in [-0.4, -0.2) is 36.7 Å². The average molecular weight is 326 g/mol. The number of nitrogens with one attached hydrogen (secondary N) is 1. The van der Waals surface area contributed by atoms with Gasteiger partial charge in [0.05, 0.1) is 7.11 Å². The van der Waals surface area contributed by atoms with Gasteiger partial charge in [0.2, 0.25) is 0 Å². The van der Waals surface area contributed by atoms with Crippen LogP contribution in [0.15, 0.2) is 36.7 Å². The minimum Gasteiger partial charge on any atom is -0.496 e. The van der Waals surface area contributed by atoms with E-state index in [9.17, 15) is 0 Å². The van der Waals surface area contributed by atoms with Crippen LogP contribution >= 0.6 is 0 Å². The molecule has 3 rings (SSSR count). The fourth-order valence-corrected chi connectivity index (χ4v) is 3.09. The molecule has 24 heavy (non-hydrogen) atoms. The predicted octanol–water partition coefficient (Wildman–Crippen LogP) is 3.38. The smallest absolute Gasteiger partial charge is 0.134 e. The second-order valence-corrected chi connectivity index (χ2v) is 6.42. The molecule has 0 spiro atoms. The van der Waals surface area contributed by atoms with Crippen molar-refractivity contribution in [1.82, 2.24) is 9.97 Å². The zero-order chi connectivity index (χ0) is 16.8. The number of para-hydroxylation sites is 1. The van der Waals surface area contributed by atoms with Crippen molar-refractivity contribution in [2.75, 3.05) is 37.0 Å². The Morgan fingerprint density at radius 3 is 2.79 bits per heavy atom. The number of anilines is 2. The zero-order valence-corrected chi connectivity index (χ0v) is 14.5. The Morgan fingerprint density at radius 1 is 1.21 bits per heavy atom. The first-order chi connectivity index (χ1) is 11.8. The van der Waals surface area contributed by atoms with Crippen LogP contribution in [-0.2, 0) is 6.42 Å². The molecule has 1 aliphatic heterocycles. The largest absolute Gasteiger partial charge is 0.496 e. The molecule has 2 heterocycles. The third-order valence-electron chi connectivity index (χ3n) is 4.65. The first kappa shape index (κ1) is 16.6. The maximum Gasteiger partial charge on any atom is 0.134 e. The van der Waals surface area contributed by atoms with Crippen molar-refractivity contribution >= 4 is 11.6 Å². The Bertz CT molecular complexity index is 653. The monoisotopic (exact) mass is 326 g/mol. The molecule has 0 unspecified atom stereocenters. The second kappa shape index (κ2) is 7.99. The first-order valence-corrected chi connectivity index (χ1v) is 8.69. The summed E-state index contributed by atoms with van der Waals surface area (Å²) in [6.45, 7) is 5.30. The fourth-order valence-electron chi connectivity index (χ4n) is 3.09. The minimum absolute atomic E-state index is 0.813. The third-order valence-corrected chi connectivity index (χ3v) is 4.65. The van der Waals surface area contributed by atoms with Gasteiger partial charge in [-0.15, -0.1) is 0 Å². The molecule has 1 N–H and O–H groups in total. The number of piperidine rings is 1. The van der Waals surface area contributed by atoms with E-state index in [4.69, 9.17) is 4.74 Å². The van der Waals surface area contributed by atoms with E-state index in [1.54, 1.807) is 13.4 Å². The van der Waals surface area contributed by atoms with E-state index in [-0.39, 0.29) is 0 Å². The molecule has 128 valence electrons. The van der Waals surface area contributed by atoms with Crippen molar-refractivity contribution in [3.8, 4) is 5.75 Å². The number of rotatable bonds is 6. The number of methoxy groups -OCH3 is 1. The van der Waals surface area contributed by atoms with Crippen molar-refractivity contribution in [2.45, 2.75) is 26.2 Å². The minimum atomic E-state index is 0.813. The van der Waals surface area contributed by atoms with E-state index >= 15 is 0 Å². The topological polar surface area (TPSA) is 50.3 Å². The van der Waals surface area contributed by atoms with Gasteiger partial charge in [0.15, 0.2) is 0 Å². The summed E-state index contributed by atoms with van der Waals surface area (Å²) in [6.07, 6.45) is 5.02. The SMILES string of the molecule is COc1ccccc1CCNc1cc(N2CCC(C)CC2)ncn1. The molecule has 0 atom stereocenters. The molecule has 1 aromatic carbocycles. The Hall–Kier alpha value is -2.30. The molecule has 5 heteroatoms. The van der Waals surface area contributed by atoms with Crippen LogP contribution in [0.5, 0.6) is 5.75 Å². The normalized spacial score (nSPS) is 15.3. The lowest BCUT2D eigenvalue weighted by Gasteiger charge is -2.31. The Balaban J connectivity index is 1.57. The number of ether oxygens (including phenoxy) is 1. The fraction of sp³-hybridized carbons (Fsp3) is 0.474. The summed E-state index contributed by atoms with van der Waals surface area (Å²) in [5, 5.41) is 3.40. The Kier molecular flexibility index (Phi) is 5.51. The van der Waals surface area contributed by atoms with Crippen LogP contribution in [0.25, 0.3) is 0 Å². The van der Waals surface area contributed by atoms with E-state index in [1.165, 1.54) is 18.4 Å². The molecule has 1 aromatic heterocycles. The Labute approximate surface area is 144 Å². The van der Waals surface area contributed by atoms with Gasteiger partial charge in [-0.2, -0.15) is 0 Å². The maximum atomic E-state index is 5.40. The number of aromatic nitrogens is 2. The molecular weight excluding hydrogens is 300 g/mol. The van der Waals surface area contributed by atoms with Crippen molar-refractivity contribution < 1.29 is 4.74 Å². The molecule has 1 fully saturated rings. The van der Waals surface area contributed by atoms with E-state index in [0.29, 0.717) is 0 Å². The maximum absolute atomic E-state index is 5.40. The van der Waals surface area contributed by atoms with Crippen LogP contribution in [0.1, 0.15) is 25.3 Å². The molecule has 0 amide bonds. The molecule has 1 aliphatic rings. The standard InChI is InChI=1S/C19H26N4O/c1-15-8-11-23(12-9-15)19-13-18(21-14-22-19)20-10-7-16-5-3-4-6-17(16)24-2/h3-6,13-15H,7-12H2,1-2H3,(H,20,21,22). The summed E-state index contributed by atoms with van der Waals surface area (Å²) in [5.41, 5.74) is 1.20.